The second kappa shape index (κ2) is 8.71. The van der Waals surface area contributed by atoms with E-state index in [0.717, 1.165) is 11.3 Å². The summed E-state index contributed by atoms with van der Waals surface area (Å²) >= 11 is 6.27. The molecular weight excluding hydrogens is 498 g/mol. The van der Waals surface area contributed by atoms with Crippen LogP contribution in [0.3, 0.4) is 0 Å². The molecule has 0 spiro atoms. The van der Waals surface area contributed by atoms with Crippen LogP contribution in [-0.2, 0) is 6.42 Å². The fraction of sp³-hybridized carbons (Fsp3) is 0.120. The smallest absolute Gasteiger partial charge is 0.339 e. The van der Waals surface area contributed by atoms with Gasteiger partial charge in [-0.05, 0) is 71.3 Å². The lowest BCUT2D eigenvalue weighted by atomic mass is 10.0. The molecular formula is C25H18ClN7O4. The van der Waals surface area contributed by atoms with Crippen LogP contribution < -0.4 is 5.56 Å². The molecule has 0 amide bonds. The quantitative estimate of drug-likeness (QED) is 0.322. The lowest BCUT2D eigenvalue weighted by Crippen LogP contribution is -2.23. The van der Waals surface area contributed by atoms with Crippen LogP contribution in [0.5, 0.6) is 5.75 Å². The van der Waals surface area contributed by atoms with Gasteiger partial charge in [-0.1, -0.05) is 11.6 Å². The Labute approximate surface area is 213 Å². The zero-order valence-electron chi connectivity index (χ0n) is 19.0. The number of nitrogens with zero attached hydrogens (tertiary/aromatic N) is 6. The van der Waals surface area contributed by atoms with Crippen LogP contribution in [0, 0.1) is 0 Å². The maximum Gasteiger partial charge on any atom is 0.339 e. The van der Waals surface area contributed by atoms with Crippen LogP contribution in [0.1, 0.15) is 34.3 Å². The number of aromatic carboxylic acids is 1. The van der Waals surface area contributed by atoms with Gasteiger partial charge in [-0.25, -0.2) is 9.78 Å². The highest BCUT2D eigenvalue weighted by Gasteiger charge is 2.28. The summed E-state index contributed by atoms with van der Waals surface area (Å²) in [4.78, 5) is 32.4. The SMILES string of the molecule is O=C(O)c1cc(-c2cnc(C3CCc4cc(-c5cc(Cl)ccc5-n5cnnn5)cc(=O)n43)[nH]2)ccc1O. The van der Waals surface area contributed by atoms with E-state index in [1.54, 1.807) is 41.1 Å². The monoisotopic (exact) mass is 515 g/mol. The number of tetrazole rings is 1. The number of carboxylic acid groups (broad SMARTS) is 1. The summed E-state index contributed by atoms with van der Waals surface area (Å²) < 4.78 is 3.23. The van der Waals surface area contributed by atoms with Crippen molar-refractivity contribution in [3.05, 3.63) is 93.5 Å². The Hall–Kier alpha value is -4.77. The van der Waals surface area contributed by atoms with E-state index in [1.165, 1.54) is 23.1 Å². The highest BCUT2D eigenvalue weighted by molar-refractivity contribution is 6.31. The first-order valence-corrected chi connectivity index (χ1v) is 11.7. The average molecular weight is 516 g/mol. The number of carbonyl (C=O) groups is 1. The molecule has 1 aliphatic heterocycles. The Balaban J connectivity index is 1.37. The Bertz CT molecular complexity index is 1730. The predicted octanol–water partition coefficient (Wildman–Crippen LogP) is 3.47. The first-order chi connectivity index (χ1) is 17.9. The fourth-order valence-electron chi connectivity index (χ4n) is 4.75. The first-order valence-electron chi connectivity index (χ1n) is 11.3. The predicted molar refractivity (Wildman–Crippen MR) is 133 cm³/mol. The lowest BCUT2D eigenvalue weighted by Gasteiger charge is -2.15. The molecule has 4 heterocycles. The summed E-state index contributed by atoms with van der Waals surface area (Å²) in [6.07, 6.45) is 4.39. The molecule has 0 fully saturated rings. The van der Waals surface area contributed by atoms with Gasteiger partial charge in [0.2, 0.25) is 0 Å². The summed E-state index contributed by atoms with van der Waals surface area (Å²) in [6, 6.07) is 12.8. The van der Waals surface area contributed by atoms with E-state index >= 15 is 0 Å². The average Bonchev–Trinajstić information content (AvgIpc) is 3.64. The topological polar surface area (TPSA) is 152 Å². The van der Waals surface area contributed by atoms with Crippen molar-refractivity contribution in [2.45, 2.75) is 18.9 Å². The minimum atomic E-state index is -1.23. The Morgan fingerprint density at radius 2 is 1.97 bits per heavy atom. The Morgan fingerprint density at radius 3 is 2.76 bits per heavy atom. The number of pyridine rings is 1. The maximum absolute atomic E-state index is 13.4. The molecule has 0 saturated heterocycles. The molecule has 0 aliphatic carbocycles. The number of imidazole rings is 1. The van der Waals surface area contributed by atoms with E-state index in [4.69, 9.17) is 11.6 Å². The number of aromatic hydroxyl groups is 1. The molecule has 3 N–H and O–H groups in total. The van der Waals surface area contributed by atoms with Crippen LogP contribution in [0.15, 0.2) is 65.8 Å². The van der Waals surface area contributed by atoms with Crippen molar-refractivity contribution in [1.82, 2.24) is 34.7 Å². The Morgan fingerprint density at radius 1 is 1.11 bits per heavy atom. The number of hydrogen-bond donors (Lipinski definition) is 3. The fourth-order valence-corrected chi connectivity index (χ4v) is 4.92. The number of aromatic amines is 1. The highest BCUT2D eigenvalue weighted by Crippen LogP contribution is 2.34. The van der Waals surface area contributed by atoms with E-state index in [0.29, 0.717) is 46.2 Å². The van der Waals surface area contributed by atoms with E-state index in [2.05, 4.69) is 25.5 Å². The van der Waals surface area contributed by atoms with Crippen molar-refractivity contribution < 1.29 is 15.0 Å². The number of rotatable bonds is 5. The first kappa shape index (κ1) is 22.7. The van der Waals surface area contributed by atoms with Crippen molar-refractivity contribution in [2.24, 2.45) is 0 Å². The van der Waals surface area contributed by atoms with Gasteiger partial charge in [0.25, 0.3) is 5.56 Å². The molecule has 3 aromatic heterocycles. The van der Waals surface area contributed by atoms with Crippen molar-refractivity contribution in [3.63, 3.8) is 0 Å². The number of nitrogens with one attached hydrogen (secondary N) is 1. The molecule has 184 valence electrons. The minimum Gasteiger partial charge on any atom is -0.507 e. The van der Waals surface area contributed by atoms with Gasteiger partial charge in [-0.3, -0.25) is 4.79 Å². The third-order valence-electron chi connectivity index (χ3n) is 6.45. The van der Waals surface area contributed by atoms with Gasteiger partial charge in [0.1, 0.15) is 23.5 Å². The molecule has 1 unspecified atom stereocenters. The summed E-state index contributed by atoms with van der Waals surface area (Å²) in [5.74, 6) is -0.953. The second-order valence-corrected chi connectivity index (χ2v) is 9.07. The van der Waals surface area contributed by atoms with Gasteiger partial charge >= 0.3 is 5.97 Å². The van der Waals surface area contributed by atoms with Gasteiger partial charge < -0.3 is 19.8 Å². The number of halogens is 1. The summed E-state index contributed by atoms with van der Waals surface area (Å²) in [5.41, 5.74) is 3.73. The normalized spacial score (nSPS) is 14.6. The standard InChI is InChI=1S/C25H18ClN7O4/c26-15-2-4-20(32-12-28-30-31-32)17(10-15)14-7-16-3-5-21(33(16)23(35)9-14)24-27-11-19(29-24)13-1-6-22(34)18(8-13)25(36)37/h1-2,4,6-12,21,34H,3,5H2,(H,27,29)(H,36,37). The largest absolute Gasteiger partial charge is 0.507 e. The number of benzene rings is 2. The van der Waals surface area contributed by atoms with Crippen LogP contribution in [-0.4, -0.2) is 50.9 Å². The summed E-state index contributed by atoms with van der Waals surface area (Å²) in [5, 5.41) is 31.0. The van der Waals surface area contributed by atoms with Crippen molar-refractivity contribution >= 4 is 17.6 Å². The van der Waals surface area contributed by atoms with E-state index in [-0.39, 0.29) is 22.9 Å². The molecule has 37 heavy (non-hydrogen) atoms. The Kier molecular flexibility index (Phi) is 5.34. The van der Waals surface area contributed by atoms with Gasteiger partial charge in [0, 0.05) is 27.9 Å². The molecule has 11 nitrogen and oxygen atoms in total. The van der Waals surface area contributed by atoms with Crippen molar-refractivity contribution in [2.75, 3.05) is 0 Å². The molecule has 0 radical (unpaired) electrons. The second-order valence-electron chi connectivity index (χ2n) is 8.63. The zero-order chi connectivity index (χ0) is 25.7. The molecule has 6 rings (SSSR count). The third-order valence-corrected chi connectivity index (χ3v) is 6.68. The highest BCUT2D eigenvalue weighted by atomic mass is 35.5. The summed E-state index contributed by atoms with van der Waals surface area (Å²) in [6.45, 7) is 0. The molecule has 12 heteroatoms. The van der Waals surface area contributed by atoms with Crippen LogP contribution in [0.2, 0.25) is 5.02 Å². The molecule has 1 aliphatic rings. The van der Waals surface area contributed by atoms with E-state index in [1.807, 2.05) is 6.07 Å². The number of hydrogen-bond acceptors (Lipinski definition) is 7. The number of H-pyrrole nitrogens is 1. The number of fused-ring (bicyclic) bond motifs is 1. The molecule has 1 atom stereocenters. The number of aromatic nitrogens is 7. The van der Waals surface area contributed by atoms with E-state index in [9.17, 15) is 19.8 Å². The lowest BCUT2D eigenvalue weighted by molar-refractivity contribution is 0.0694. The number of carboxylic acids is 1. The molecule has 2 aromatic carbocycles. The zero-order valence-corrected chi connectivity index (χ0v) is 19.8. The van der Waals surface area contributed by atoms with E-state index < -0.39 is 5.97 Å². The van der Waals surface area contributed by atoms with Gasteiger partial charge in [0.15, 0.2) is 0 Å². The van der Waals surface area contributed by atoms with Gasteiger partial charge in [-0.15, -0.1) is 5.10 Å². The van der Waals surface area contributed by atoms with Crippen LogP contribution in [0.25, 0.3) is 28.1 Å². The maximum atomic E-state index is 13.4. The van der Waals surface area contributed by atoms with Crippen LogP contribution >= 0.6 is 11.6 Å². The van der Waals surface area contributed by atoms with Crippen molar-refractivity contribution in [3.8, 4) is 33.8 Å². The number of phenols is 1. The van der Waals surface area contributed by atoms with Crippen molar-refractivity contribution in [1.29, 1.82) is 0 Å². The van der Waals surface area contributed by atoms with Crippen LogP contribution in [0.4, 0.5) is 0 Å². The third kappa shape index (κ3) is 3.95. The molecule has 0 saturated carbocycles. The molecule has 0 bridgehead atoms. The summed E-state index contributed by atoms with van der Waals surface area (Å²) in [7, 11) is 0. The minimum absolute atomic E-state index is 0.187. The van der Waals surface area contributed by atoms with Gasteiger partial charge in [0.05, 0.1) is 23.6 Å². The van der Waals surface area contributed by atoms with Gasteiger partial charge in [-0.2, -0.15) is 4.68 Å². The molecule has 5 aromatic rings. The number of aryl methyl sites for hydroxylation is 1.